The van der Waals surface area contributed by atoms with Gasteiger partial charge in [0.1, 0.15) is 4.21 Å². The number of aryl methyl sites for hydroxylation is 1. The molecule has 0 unspecified atom stereocenters. The summed E-state index contributed by atoms with van der Waals surface area (Å²) in [6.07, 6.45) is 1.43. The smallest absolute Gasteiger partial charge is 0.252 e. The van der Waals surface area contributed by atoms with Gasteiger partial charge in [-0.2, -0.15) is 4.31 Å². The minimum atomic E-state index is -3.38. The molecule has 2 rings (SSSR count). The van der Waals surface area contributed by atoms with Gasteiger partial charge in [-0.15, -0.1) is 11.3 Å². The van der Waals surface area contributed by atoms with Crippen molar-refractivity contribution < 1.29 is 13.5 Å². The number of rotatable bonds is 4. The van der Waals surface area contributed by atoms with E-state index in [9.17, 15) is 13.5 Å². The highest BCUT2D eigenvalue weighted by Gasteiger charge is 2.46. The maximum Gasteiger partial charge on any atom is 0.252 e. The lowest BCUT2D eigenvalue weighted by molar-refractivity contribution is -0.0612. The zero-order valence-corrected chi connectivity index (χ0v) is 11.6. The van der Waals surface area contributed by atoms with Crippen molar-refractivity contribution in [3.63, 3.8) is 0 Å². The van der Waals surface area contributed by atoms with Gasteiger partial charge in [0.05, 0.1) is 5.60 Å². The van der Waals surface area contributed by atoms with Crippen molar-refractivity contribution in [2.24, 2.45) is 0 Å². The number of aliphatic hydroxyl groups is 1. The van der Waals surface area contributed by atoms with Gasteiger partial charge in [0.15, 0.2) is 0 Å². The summed E-state index contributed by atoms with van der Waals surface area (Å²) < 4.78 is 26.1. The van der Waals surface area contributed by atoms with E-state index >= 15 is 0 Å². The fourth-order valence-electron chi connectivity index (χ4n) is 1.82. The Labute approximate surface area is 106 Å². The minimum absolute atomic E-state index is 0.213. The van der Waals surface area contributed by atoms with Gasteiger partial charge < -0.3 is 5.11 Å². The maximum atomic E-state index is 12.2. The third kappa shape index (κ3) is 2.27. The van der Waals surface area contributed by atoms with Gasteiger partial charge in [0, 0.05) is 18.0 Å². The molecule has 6 heteroatoms. The van der Waals surface area contributed by atoms with E-state index in [4.69, 9.17) is 0 Å². The van der Waals surface area contributed by atoms with Crippen LogP contribution in [0.5, 0.6) is 0 Å². The average molecular weight is 275 g/mol. The van der Waals surface area contributed by atoms with Gasteiger partial charge in [-0.25, -0.2) is 8.42 Å². The Bertz CT molecular complexity index is 501. The summed E-state index contributed by atoms with van der Waals surface area (Å²) in [7, 11) is -3.38. The van der Waals surface area contributed by atoms with Crippen molar-refractivity contribution in [1.29, 1.82) is 0 Å². The van der Waals surface area contributed by atoms with E-state index in [1.54, 1.807) is 6.07 Å². The van der Waals surface area contributed by atoms with E-state index in [0.29, 0.717) is 10.6 Å². The first kappa shape index (κ1) is 13.0. The summed E-state index contributed by atoms with van der Waals surface area (Å²) >= 11 is 1.31. The molecule has 0 atom stereocenters. The van der Waals surface area contributed by atoms with Crippen molar-refractivity contribution in [3.8, 4) is 0 Å². The highest BCUT2D eigenvalue weighted by Crippen LogP contribution is 2.33. The van der Waals surface area contributed by atoms with Crippen LogP contribution >= 0.6 is 11.3 Å². The minimum Gasteiger partial charge on any atom is -0.387 e. The van der Waals surface area contributed by atoms with Crippen LogP contribution in [-0.4, -0.2) is 36.5 Å². The molecule has 0 saturated carbocycles. The highest BCUT2D eigenvalue weighted by atomic mass is 32.2. The molecule has 0 aliphatic carbocycles. The van der Waals surface area contributed by atoms with Crippen molar-refractivity contribution in [3.05, 3.63) is 17.0 Å². The van der Waals surface area contributed by atoms with E-state index in [0.717, 1.165) is 11.3 Å². The van der Waals surface area contributed by atoms with Gasteiger partial charge in [-0.3, -0.25) is 0 Å². The van der Waals surface area contributed by atoms with Gasteiger partial charge >= 0.3 is 0 Å². The Morgan fingerprint density at radius 2 is 2.06 bits per heavy atom. The standard InChI is InChI=1S/C11H17NO3S2/c1-3-9-5-6-10(16-9)17(14,15)12-7-11(13,4-2)8-12/h5-6,13H,3-4,7-8H2,1-2H3. The second-order valence-corrected chi connectivity index (χ2v) is 7.76. The summed E-state index contributed by atoms with van der Waals surface area (Å²) in [6.45, 7) is 4.29. The quantitative estimate of drug-likeness (QED) is 0.905. The molecule has 1 saturated heterocycles. The molecule has 1 aromatic heterocycles. The molecule has 0 bridgehead atoms. The van der Waals surface area contributed by atoms with Crippen LogP contribution in [0.4, 0.5) is 0 Å². The molecular weight excluding hydrogens is 258 g/mol. The molecule has 1 N–H and O–H groups in total. The van der Waals surface area contributed by atoms with Gasteiger partial charge in [-0.05, 0) is 25.0 Å². The summed E-state index contributed by atoms with van der Waals surface area (Å²) in [4.78, 5) is 1.06. The zero-order chi connectivity index (χ0) is 12.7. The molecule has 1 fully saturated rings. The van der Waals surface area contributed by atoms with Crippen molar-refractivity contribution >= 4 is 21.4 Å². The highest BCUT2D eigenvalue weighted by molar-refractivity contribution is 7.91. The predicted molar refractivity (Wildman–Crippen MR) is 67.7 cm³/mol. The van der Waals surface area contributed by atoms with E-state index in [-0.39, 0.29) is 13.1 Å². The number of hydrogen-bond donors (Lipinski definition) is 1. The van der Waals surface area contributed by atoms with E-state index in [1.807, 2.05) is 19.9 Å². The lowest BCUT2D eigenvalue weighted by Crippen LogP contribution is -2.62. The van der Waals surface area contributed by atoms with Crippen LogP contribution in [0.1, 0.15) is 25.1 Å². The van der Waals surface area contributed by atoms with E-state index < -0.39 is 15.6 Å². The number of hydrogen-bond acceptors (Lipinski definition) is 4. The summed E-state index contributed by atoms with van der Waals surface area (Å²) in [5.41, 5.74) is -0.822. The molecule has 1 aliphatic heterocycles. The first-order valence-electron chi connectivity index (χ1n) is 5.72. The molecule has 17 heavy (non-hydrogen) atoms. The maximum absolute atomic E-state index is 12.2. The molecule has 1 aliphatic rings. The number of thiophene rings is 1. The molecule has 0 radical (unpaired) electrons. The van der Waals surface area contributed by atoms with Crippen LogP contribution in [0.3, 0.4) is 0 Å². The van der Waals surface area contributed by atoms with Gasteiger partial charge in [0.2, 0.25) is 0 Å². The number of β-amino-alcohol motifs (C(OH)–C–C–N with tert-alkyl or cyclic N) is 1. The Morgan fingerprint density at radius 1 is 1.41 bits per heavy atom. The van der Waals surface area contributed by atoms with Crippen molar-refractivity contribution in [1.82, 2.24) is 4.31 Å². The predicted octanol–water partition coefficient (Wildman–Crippen LogP) is 1.46. The summed E-state index contributed by atoms with van der Waals surface area (Å²) in [6, 6.07) is 3.51. The second-order valence-electron chi connectivity index (χ2n) is 4.43. The lowest BCUT2D eigenvalue weighted by atomic mass is 9.94. The molecule has 0 amide bonds. The normalized spacial score (nSPS) is 20.2. The van der Waals surface area contributed by atoms with Crippen molar-refractivity contribution in [2.45, 2.75) is 36.5 Å². The molecule has 0 aromatic carbocycles. The average Bonchev–Trinajstić information content (AvgIpc) is 2.73. The fourth-order valence-corrected chi connectivity index (χ4v) is 4.87. The monoisotopic (exact) mass is 275 g/mol. The number of sulfonamides is 1. The Balaban J connectivity index is 2.16. The van der Waals surface area contributed by atoms with Crippen molar-refractivity contribution in [2.75, 3.05) is 13.1 Å². The third-order valence-corrected chi connectivity index (χ3v) is 6.67. The fraction of sp³-hybridized carbons (Fsp3) is 0.636. The first-order valence-corrected chi connectivity index (χ1v) is 7.98. The van der Waals surface area contributed by atoms with Crippen LogP contribution in [0.25, 0.3) is 0 Å². The van der Waals surface area contributed by atoms with E-state index in [1.165, 1.54) is 15.6 Å². The second kappa shape index (κ2) is 4.35. The number of nitrogens with zero attached hydrogens (tertiary/aromatic N) is 1. The van der Waals surface area contributed by atoms with Crippen LogP contribution in [0.2, 0.25) is 0 Å². The molecular formula is C11H17NO3S2. The Kier molecular flexibility index (Phi) is 3.33. The van der Waals surface area contributed by atoms with Crippen LogP contribution in [0, 0.1) is 0 Å². The zero-order valence-electron chi connectivity index (χ0n) is 10.0. The topological polar surface area (TPSA) is 57.6 Å². The SMILES string of the molecule is CCc1ccc(S(=O)(=O)N2CC(O)(CC)C2)s1. The molecule has 0 spiro atoms. The largest absolute Gasteiger partial charge is 0.387 e. The molecule has 4 nitrogen and oxygen atoms in total. The molecule has 2 heterocycles. The Morgan fingerprint density at radius 3 is 2.53 bits per heavy atom. The summed E-state index contributed by atoms with van der Waals surface area (Å²) in [5.74, 6) is 0. The lowest BCUT2D eigenvalue weighted by Gasteiger charge is -2.44. The van der Waals surface area contributed by atoms with E-state index in [2.05, 4.69) is 0 Å². The summed E-state index contributed by atoms with van der Waals surface area (Å²) in [5, 5.41) is 9.85. The van der Waals surface area contributed by atoms with Crippen LogP contribution in [0.15, 0.2) is 16.3 Å². The molecule has 96 valence electrons. The Hall–Kier alpha value is -0.430. The third-order valence-electron chi connectivity index (χ3n) is 3.18. The van der Waals surface area contributed by atoms with Crippen LogP contribution < -0.4 is 0 Å². The molecule has 1 aromatic rings. The van der Waals surface area contributed by atoms with Crippen LogP contribution in [-0.2, 0) is 16.4 Å². The van der Waals surface area contributed by atoms with Gasteiger partial charge in [0.25, 0.3) is 10.0 Å². The first-order chi connectivity index (χ1) is 7.91. The van der Waals surface area contributed by atoms with Gasteiger partial charge in [-0.1, -0.05) is 13.8 Å².